The highest BCUT2D eigenvalue weighted by Crippen LogP contribution is 2.56. The van der Waals surface area contributed by atoms with Gasteiger partial charge in [0.1, 0.15) is 0 Å². The quantitative estimate of drug-likeness (QED) is 0.584. The molecule has 2 bridgehead atoms. The molecule has 0 amide bonds. The number of hydrogen-bond acceptors (Lipinski definition) is 4. The molecule has 0 aromatic carbocycles. The lowest BCUT2D eigenvalue weighted by Crippen LogP contribution is -2.44. The summed E-state index contributed by atoms with van der Waals surface area (Å²) in [5.41, 5.74) is 3.73. The molecule has 26 heavy (non-hydrogen) atoms. The molecule has 0 saturated heterocycles. The van der Waals surface area contributed by atoms with E-state index < -0.39 is 11.9 Å². The van der Waals surface area contributed by atoms with Gasteiger partial charge in [0, 0.05) is 24.2 Å². The van der Waals surface area contributed by atoms with Crippen LogP contribution < -0.4 is 0 Å². The zero-order valence-corrected chi connectivity index (χ0v) is 16.6. The van der Waals surface area contributed by atoms with Gasteiger partial charge in [-0.1, -0.05) is 37.6 Å². The van der Waals surface area contributed by atoms with Gasteiger partial charge in [-0.3, -0.25) is 0 Å². The smallest absolute Gasteiger partial charge is 0.337 e. The highest BCUT2D eigenvalue weighted by Gasteiger charge is 2.57. The number of ether oxygens (including phenoxy) is 2. The highest BCUT2D eigenvalue weighted by molar-refractivity contribution is 5.93. The minimum absolute atomic E-state index is 0.173. The van der Waals surface area contributed by atoms with Crippen molar-refractivity contribution in [2.75, 3.05) is 6.61 Å². The van der Waals surface area contributed by atoms with E-state index in [1.165, 1.54) is 0 Å². The molecule has 4 heteroatoms. The van der Waals surface area contributed by atoms with Crippen LogP contribution in [-0.4, -0.2) is 29.6 Å². The first-order valence-electron chi connectivity index (χ1n) is 9.83. The van der Waals surface area contributed by atoms with E-state index >= 15 is 0 Å². The van der Waals surface area contributed by atoms with E-state index in [4.69, 9.17) is 9.47 Å². The highest BCUT2D eigenvalue weighted by atomic mass is 16.7. The van der Waals surface area contributed by atoms with Crippen LogP contribution in [0, 0.1) is 11.3 Å². The Morgan fingerprint density at radius 1 is 1.35 bits per heavy atom. The minimum atomic E-state index is -1.03. The maximum absolute atomic E-state index is 12.7. The Kier molecular flexibility index (Phi) is 5.19. The third kappa shape index (κ3) is 3.29. The van der Waals surface area contributed by atoms with Crippen LogP contribution in [0.25, 0.3) is 0 Å². The van der Waals surface area contributed by atoms with Gasteiger partial charge in [0.05, 0.1) is 6.10 Å². The summed E-state index contributed by atoms with van der Waals surface area (Å²) >= 11 is 0. The Labute approximate surface area is 156 Å². The molecule has 3 aliphatic rings. The first kappa shape index (κ1) is 19.4. The molecule has 0 spiro atoms. The van der Waals surface area contributed by atoms with Crippen LogP contribution in [0.4, 0.5) is 0 Å². The van der Waals surface area contributed by atoms with Gasteiger partial charge in [0.2, 0.25) is 5.79 Å². The zero-order chi connectivity index (χ0) is 19.1. The molecule has 0 fully saturated rings. The second-order valence-electron chi connectivity index (χ2n) is 8.64. The lowest BCUT2D eigenvalue weighted by atomic mass is 9.61. The van der Waals surface area contributed by atoms with E-state index in [1.54, 1.807) is 0 Å². The number of aliphatic hydroxyl groups is 1. The summed E-state index contributed by atoms with van der Waals surface area (Å²) in [5, 5.41) is 10.4. The van der Waals surface area contributed by atoms with Crippen LogP contribution >= 0.6 is 0 Å². The first-order valence-corrected chi connectivity index (χ1v) is 9.83. The molecule has 1 N–H and O–H groups in total. The molecule has 0 unspecified atom stereocenters. The minimum Gasteiger partial charge on any atom is -0.425 e. The molecule has 0 radical (unpaired) electrons. The van der Waals surface area contributed by atoms with Crippen LogP contribution in [0.1, 0.15) is 66.2 Å². The predicted octanol–water partition coefficient (Wildman–Crippen LogP) is 4.45. The summed E-state index contributed by atoms with van der Waals surface area (Å²) in [6.07, 6.45) is 5.99. The number of carbonyl (C=O) groups excluding carboxylic acids is 1. The normalized spacial score (nSPS) is 36.7. The second kappa shape index (κ2) is 6.97. The molecule has 144 valence electrons. The summed E-state index contributed by atoms with van der Waals surface area (Å²) < 4.78 is 12.1. The van der Waals surface area contributed by atoms with Crippen molar-refractivity contribution in [1.29, 1.82) is 0 Å². The molecule has 4 nitrogen and oxygen atoms in total. The van der Waals surface area contributed by atoms with Gasteiger partial charge in [-0.15, -0.1) is 0 Å². The lowest BCUT2D eigenvalue weighted by Gasteiger charge is -2.45. The number of esters is 1. The van der Waals surface area contributed by atoms with E-state index in [-0.39, 0.29) is 11.4 Å². The summed E-state index contributed by atoms with van der Waals surface area (Å²) in [7, 11) is 0. The lowest BCUT2D eigenvalue weighted by molar-refractivity contribution is -0.205. The van der Waals surface area contributed by atoms with Gasteiger partial charge in [0.25, 0.3) is 0 Å². The van der Waals surface area contributed by atoms with Gasteiger partial charge in [0.15, 0.2) is 0 Å². The van der Waals surface area contributed by atoms with Crippen LogP contribution in [-0.2, 0) is 14.3 Å². The summed E-state index contributed by atoms with van der Waals surface area (Å²) in [6.45, 7) is 13.0. The molecule has 3 rings (SSSR count). The molecule has 1 heterocycles. The van der Waals surface area contributed by atoms with E-state index in [9.17, 15) is 9.90 Å². The van der Waals surface area contributed by atoms with Crippen molar-refractivity contribution in [1.82, 2.24) is 0 Å². The fourth-order valence-corrected chi connectivity index (χ4v) is 5.19. The van der Waals surface area contributed by atoms with Gasteiger partial charge in [-0.05, 0) is 57.3 Å². The molecule has 0 aromatic heterocycles. The number of fused-ring (bicyclic) bond motifs is 1. The Morgan fingerprint density at radius 2 is 2.04 bits per heavy atom. The molecular weight excluding hydrogens is 328 g/mol. The van der Waals surface area contributed by atoms with Crippen molar-refractivity contribution >= 4 is 5.97 Å². The SMILES string of the molecule is C=C1CC[C@@H]2CCC3=C(C2(C)C)[C@@](OCC)(C/C(C)=C/[C@@H](O)C1)OC3=O. The number of carbonyl (C=O) groups is 1. The fraction of sp³-hybridized carbons (Fsp3) is 0.682. The standard InChI is InChI=1S/C22H32O4/c1-6-25-22-13-15(3)12-17(23)11-14(2)7-8-16-9-10-18(20(24)26-22)19(22)21(16,4)5/h12,16-17,23H,2,6-11,13H2,1,3-5H3/b15-12+/t16-,17+,22-/m1/s1. The third-order valence-corrected chi connectivity index (χ3v) is 6.30. The predicted molar refractivity (Wildman–Crippen MR) is 101 cm³/mol. The Balaban J connectivity index is 2.13. The van der Waals surface area contributed by atoms with Crippen molar-refractivity contribution < 1.29 is 19.4 Å². The summed E-state index contributed by atoms with van der Waals surface area (Å²) in [6, 6.07) is 0. The fourth-order valence-electron chi connectivity index (χ4n) is 5.19. The molecule has 3 atom stereocenters. The van der Waals surface area contributed by atoms with E-state index in [0.29, 0.717) is 25.4 Å². The van der Waals surface area contributed by atoms with Crippen LogP contribution in [0.2, 0.25) is 0 Å². The Morgan fingerprint density at radius 3 is 2.73 bits per heavy atom. The van der Waals surface area contributed by atoms with Gasteiger partial charge >= 0.3 is 5.97 Å². The molecule has 0 aromatic rings. The van der Waals surface area contributed by atoms with Crippen molar-refractivity contribution in [2.45, 2.75) is 78.1 Å². The third-order valence-electron chi connectivity index (χ3n) is 6.30. The second-order valence-corrected chi connectivity index (χ2v) is 8.64. The maximum Gasteiger partial charge on any atom is 0.337 e. The van der Waals surface area contributed by atoms with E-state index in [2.05, 4.69) is 20.4 Å². The average molecular weight is 360 g/mol. The molecule has 2 aliphatic carbocycles. The van der Waals surface area contributed by atoms with E-state index in [1.807, 2.05) is 19.9 Å². The van der Waals surface area contributed by atoms with Crippen LogP contribution in [0.3, 0.4) is 0 Å². The van der Waals surface area contributed by atoms with Crippen molar-refractivity contribution in [2.24, 2.45) is 11.3 Å². The number of hydrogen-bond donors (Lipinski definition) is 1. The Hall–Kier alpha value is -1.39. The van der Waals surface area contributed by atoms with Crippen molar-refractivity contribution in [3.63, 3.8) is 0 Å². The average Bonchev–Trinajstić information content (AvgIpc) is 2.78. The monoisotopic (exact) mass is 360 g/mol. The molecule has 0 saturated carbocycles. The first-order chi connectivity index (χ1) is 12.2. The largest absolute Gasteiger partial charge is 0.425 e. The van der Waals surface area contributed by atoms with Crippen LogP contribution in [0.5, 0.6) is 0 Å². The number of rotatable bonds is 2. The zero-order valence-electron chi connectivity index (χ0n) is 16.6. The summed E-state index contributed by atoms with van der Waals surface area (Å²) in [5.74, 6) is -0.819. The maximum atomic E-state index is 12.7. The number of aliphatic hydroxyl groups excluding tert-OH is 1. The van der Waals surface area contributed by atoms with Gasteiger partial charge < -0.3 is 14.6 Å². The van der Waals surface area contributed by atoms with E-state index in [0.717, 1.165) is 48.0 Å². The molecule has 1 aliphatic heterocycles. The molecular formula is C22H32O4. The van der Waals surface area contributed by atoms with Crippen molar-refractivity contribution in [3.8, 4) is 0 Å². The van der Waals surface area contributed by atoms with Gasteiger partial charge in [-0.2, -0.15) is 0 Å². The topological polar surface area (TPSA) is 55.8 Å². The van der Waals surface area contributed by atoms with Crippen molar-refractivity contribution in [3.05, 3.63) is 34.9 Å². The van der Waals surface area contributed by atoms with Crippen LogP contribution in [0.15, 0.2) is 34.9 Å². The van der Waals surface area contributed by atoms with Gasteiger partial charge in [-0.25, -0.2) is 4.79 Å². The summed E-state index contributed by atoms with van der Waals surface area (Å²) in [4.78, 5) is 12.7. The Bertz CT molecular complexity index is 670.